The third kappa shape index (κ3) is 4.27. The summed E-state index contributed by atoms with van der Waals surface area (Å²) < 4.78 is 34.5. The second-order valence-corrected chi connectivity index (χ2v) is 8.27. The summed E-state index contributed by atoms with van der Waals surface area (Å²) in [6.07, 6.45) is 1.65. The Morgan fingerprint density at radius 3 is 2.63 bits per heavy atom. The molecule has 4 rings (SSSR count). The van der Waals surface area contributed by atoms with Crippen LogP contribution in [0, 0.1) is 6.92 Å². The first-order valence-corrected chi connectivity index (χ1v) is 10.2. The third-order valence-electron chi connectivity index (χ3n) is 4.47. The van der Waals surface area contributed by atoms with Gasteiger partial charge in [0, 0.05) is 21.3 Å². The van der Waals surface area contributed by atoms with E-state index >= 15 is 0 Å². The molecule has 2 aromatic heterocycles. The van der Waals surface area contributed by atoms with Gasteiger partial charge in [-0.25, -0.2) is 4.98 Å². The maximum Gasteiger partial charge on any atom is 0.283 e. The number of carbonyl (C=O) groups excluding carboxylic acids is 1. The molecular weight excluding hydrogens is 477 g/mol. The van der Waals surface area contributed by atoms with Crippen LogP contribution in [0.2, 0.25) is 0 Å². The van der Waals surface area contributed by atoms with Crippen molar-refractivity contribution in [2.75, 3.05) is 5.32 Å². The van der Waals surface area contributed by atoms with Crippen LogP contribution in [0.25, 0.3) is 17.2 Å². The molecule has 6 nitrogen and oxygen atoms in total. The SMILES string of the molecule is Cc1ncc2oc(-c3ccc(NC(=O)Cc4ccc(C(F)(F)P)cc4Br)cc3)nn12. The van der Waals surface area contributed by atoms with Gasteiger partial charge in [0.1, 0.15) is 5.82 Å². The highest BCUT2D eigenvalue weighted by Gasteiger charge is 2.25. The minimum Gasteiger partial charge on any atom is -0.417 e. The molecule has 0 bridgehead atoms. The summed E-state index contributed by atoms with van der Waals surface area (Å²) >= 11 is 3.26. The smallest absolute Gasteiger partial charge is 0.283 e. The molecule has 1 N–H and O–H groups in total. The van der Waals surface area contributed by atoms with E-state index in [1.165, 1.54) is 27.4 Å². The third-order valence-corrected chi connectivity index (χ3v) is 5.55. The van der Waals surface area contributed by atoms with Crippen LogP contribution in [0.1, 0.15) is 17.0 Å². The van der Waals surface area contributed by atoms with Gasteiger partial charge in [-0.1, -0.05) is 37.3 Å². The van der Waals surface area contributed by atoms with E-state index in [2.05, 4.69) is 31.3 Å². The lowest BCUT2D eigenvalue weighted by Crippen LogP contribution is -2.15. The zero-order valence-electron chi connectivity index (χ0n) is 15.7. The number of imidazole rings is 1. The number of fused-ring (bicyclic) bond motifs is 1. The van der Waals surface area contributed by atoms with Gasteiger partial charge in [-0.2, -0.15) is 13.3 Å². The van der Waals surface area contributed by atoms with E-state index in [-0.39, 0.29) is 17.9 Å². The van der Waals surface area contributed by atoms with Gasteiger partial charge in [0.2, 0.25) is 17.5 Å². The van der Waals surface area contributed by atoms with Crippen LogP contribution in [0.5, 0.6) is 0 Å². The molecule has 0 aliphatic rings. The van der Waals surface area contributed by atoms with Crippen molar-refractivity contribution in [3.8, 4) is 11.5 Å². The summed E-state index contributed by atoms with van der Waals surface area (Å²) in [4.78, 5) is 16.5. The molecule has 0 saturated carbocycles. The summed E-state index contributed by atoms with van der Waals surface area (Å²) in [6.45, 7) is 1.83. The Morgan fingerprint density at radius 2 is 2.00 bits per heavy atom. The molecule has 2 heterocycles. The number of hydrogen-bond donors (Lipinski definition) is 1. The number of hydrogen-bond acceptors (Lipinski definition) is 4. The number of aromatic nitrogens is 3. The van der Waals surface area contributed by atoms with E-state index in [0.29, 0.717) is 27.3 Å². The summed E-state index contributed by atoms with van der Waals surface area (Å²) in [6, 6.07) is 11.2. The minimum absolute atomic E-state index is 0.0442. The molecule has 2 aromatic carbocycles. The molecule has 30 heavy (non-hydrogen) atoms. The van der Waals surface area contributed by atoms with E-state index < -0.39 is 5.66 Å². The van der Waals surface area contributed by atoms with E-state index in [0.717, 1.165) is 11.4 Å². The quantitative estimate of drug-likeness (QED) is 0.390. The summed E-state index contributed by atoms with van der Waals surface area (Å²) in [7, 11) is 1.50. The molecule has 0 fully saturated rings. The van der Waals surface area contributed by atoms with Gasteiger partial charge in [0.15, 0.2) is 0 Å². The first kappa shape index (κ1) is 20.6. The van der Waals surface area contributed by atoms with Crippen molar-refractivity contribution in [3.05, 3.63) is 70.1 Å². The number of carbonyl (C=O) groups is 1. The highest BCUT2D eigenvalue weighted by molar-refractivity contribution is 9.10. The standard InChI is InChI=1S/C20H16BrF2N4O2P/c1-11-24-10-18-27(11)26-19(29-18)12-3-6-15(7-4-12)25-17(28)8-13-2-5-14(9-16(13)21)20(22,23)30/h2-7,9-10H,8,30H2,1H3,(H,25,28). The van der Waals surface area contributed by atoms with Gasteiger partial charge in [-0.3, -0.25) is 4.79 Å². The molecule has 0 spiro atoms. The number of nitrogens with zero attached hydrogens (tertiary/aromatic N) is 3. The number of anilines is 1. The summed E-state index contributed by atoms with van der Waals surface area (Å²) in [5, 5.41) is 7.16. The second-order valence-electron chi connectivity index (χ2n) is 6.69. The zero-order valence-corrected chi connectivity index (χ0v) is 18.4. The van der Waals surface area contributed by atoms with E-state index in [9.17, 15) is 13.6 Å². The van der Waals surface area contributed by atoms with Crippen LogP contribution in [0.4, 0.5) is 14.5 Å². The Morgan fingerprint density at radius 1 is 1.27 bits per heavy atom. The molecule has 0 radical (unpaired) electrons. The molecule has 1 amide bonds. The Labute approximate surface area is 181 Å². The predicted molar refractivity (Wildman–Crippen MR) is 116 cm³/mol. The molecule has 1 atom stereocenters. The number of aryl methyl sites for hydroxylation is 1. The van der Waals surface area contributed by atoms with Gasteiger partial charge in [0.25, 0.3) is 5.66 Å². The highest BCUT2D eigenvalue weighted by Crippen LogP contribution is 2.36. The van der Waals surface area contributed by atoms with Crippen molar-refractivity contribution < 1.29 is 18.0 Å². The van der Waals surface area contributed by atoms with Crippen LogP contribution in [-0.4, -0.2) is 20.5 Å². The Hall–Kier alpha value is -2.64. The predicted octanol–water partition coefficient (Wildman–Crippen LogP) is 5.17. The average Bonchev–Trinajstić information content (AvgIpc) is 3.25. The van der Waals surface area contributed by atoms with Crippen molar-refractivity contribution in [1.29, 1.82) is 0 Å². The van der Waals surface area contributed by atoms with Crippen LogP contribution in [-0.2, 0) is 16.9 Å². The number of alkyl halides is 2. The van der Waals surface area contributed by atoms with Crippen LogP contribution in [0.15, 0.2) is 57.6 Å². The number of amides is 1. The summed E-state index contributed by atoms with van der Waals surface area (Å²) in [5.74, 6) is 0.911. The van der Waals surface area contributed by atoms with Crippen molar-refractivity contribution in [1.82, 2.24) is 14.6 Å². The van der Waals surface area contributed by atoms with Gasteiger partial charge in [-0.05, 0) is 42.8 Å². The van der Waals surface area contributed by atoms with Crippen molar-refractivity contribution in [2.24, 2.45) is 0 Å². The van der Waals surface area contributed by atoms with Crippen LogP contribution < -0.4 is 5.32 Å². The zero-order chi connectivity index (χ0) is 21.5. The molecule has 4 aromatic rings. The molecule has 0 aliphatic heterocycles. The lowest BCUT2D eigenvalue weighted by molar-refractivity contribution is -0.115. The minimum atomic E-state index is -3.02. The van der Waals surface area contributed by atoms with Gasteiger partial charge in [-0.15, -0.1) is 5.10 Å². The van der Waals surface area contributed by atoms with E-state index in [4.69, 9.17) is 4.42 Å². The van der Waals surface area contributed by atoms with Gasteiger partial charge >= 0.3 is 0 Å². The Kier molecular flexibility index (Phi) is 5.42. The molecular formula is C20H16BrF2N4O2P. The molecule has 1 unspecified atom stereocenters. The average molecular weight is 493 g/mol. The lowest BCUT2D eigenvalue weighted by Gasteiger charge is -2.13. The van der Waals surface area contributed by atoms with E-state index in [1.807, 2.05) is 6.92 Å². The molecule has 10 heteroatoms. The van der Waals surface area contributed by atoms with Crippen molar-refractivity contribution >= 4 is 42.5 Å². The maximum absolute atomic E-state index is 13.4. The Bertz CT molecular complexity index is 1230. The van der Waals surface area contributed by atoms with Crippen molar-refractivity contribution in [3.63, 3.8) is 0 Å². The number of nitrogens with one attached hydrogen (secondary N) is 1. The topological polar surface area (TPSA) is 72.4 Å². The van der Waals surface area contributed by atoms with E-state index in [1.54, 1.807) is 35.0 Å². The second kappa shape index (κ2) is 7.89. The molecule has 0 saturated heterocycles. The number of rotatable bonds is 5. The first-order chi connectivity index (χ1) is 14.2. The van der Waals surface area contributed by atoms with Crippen LogP contribution >= 0.6 is 25.2 Å². The summed E-state index contributed by atoms with van der Waals surface area (Å²) in [5.41, 5.74) is -0.640. The first-order valence-electron chi connectivity index (χ1n) is 8.88. The maximum atomic E-state index is 13.4. The normalized spacial score (nSPS) is 11.8. The number of halogens is 3. The lowest BCUT2D eigenvalue weighted by atomic mass is 10.1. The van der Waals surface area contributed by atoms with Gasteiger partial charge in [0.05, 0.1) is 12.6 Å². The fourth-order valence-corrected chi connectivity index (χ4v) is 3.61. The fourth-order valence-electron chi connectivity index (χ4n) is 2.91. The molecule has 154 valence electrons. The highest BCUT2D eigenvalue weighted by atomic mass is 79.9. The monoisotopic (exact) mass is 492 g/mol. The molecule has 0 aliphatic carbocycles. The number of benzene rings is 2. The van der Waals surface area contributed by atoms with Crippen molar-refractivity contribution in [2.45, 2.75) is 19.0 Å². The fraction of sp³-hybridized carbons (Fsp3) is 0.150. The van der Waals surface area contributed by atoms with Crippen LogP contribution in [0.3, 0.4) is 0 Å². The largest absolute Gasteiger partial charge is 0.417 e. The van der Waals surface area contributed by atoms with Gasteiger partial charge < -0.3 is 9.73 Å². The Balaban J connectivity index is 1.43.